The van der Waals surface area contributed by atoms with Crippen molar-refractivity contribution in [3.63, 3.8) is 0 Å². The first-order valence-corrected chi connectivity index (χ1v) is 15.8. The smallest absolute Gasteiger partial charge is 0.320 e. The molecule has 1 saturated carbocycles. The van der Waals surface area contributed by atoms with Crippen molar-refractivity contribution in [2.75, 3.05) is 32.7 Å². The molecule has 3 aromatic rings. The lowest BCUT2D eigenvalue weighted by Gasteiger charge is -2.34. The summed E-state index contributed by atoms with van der Waals surface area (Å²) in [4.78, 5) is 26.0. The number of H-pyrrole nitrogens is 1. The maximum Gasteiger partial charge on any atom is 0.320 e. The van der Waals surface area contributed by atoms with Crippen LogP contribution in [0.1, 0.15) is 84.8 Å². The molecule has 41 heavy (non-hydrogen) atoms. The van der Waals surface area contributed by atoms with Gasteiger partial charge >= 0.3 is 5.97 Å². The summed E-state index contributed by atoms with van der Waals surface area (Å²) in [7, 11) is 0. The van der Waals surface area contributed by atoms with Crippen molar-refractivity contribution in [3.8, 4) is 0 Å². The molecule has 3 fully saturated rings. The molecular formula is C35H46N4O2. The Morgan fingerprint density at radius 1 is 1.05 bits per heavy atom. The maximum atomic E-state index is 12.3. The Labute approximate surface area is 245 Å². The van der Waals surface area contributed by atoms with Crippen LogP contribution in [0.5, 0.6) is 0 Å². The molecule has 0 amide bonds. The topological polar surface area (TPSA) is 72.5 Å². The van der Waals surface area contributed by atoms with Crippen LogP contribution in [-0.4, -0.2) is 69.6 Å². The van der Waals surface area contributed by atoms with E-state index < -0.39 is 5.97 Å². The fourth-order valence-corrected chi connectivity index (χ4v) is 7.38. The van der Waals surface area contributed by atoms with Crippen LogP contribution in [0.15, 0.2) is 54.6 Å². The van der Waals surface area contributed by atoms with E-state index in [2.05, 4.69) is 83.2 Å². The van der Waals surface area contributed by atoms with Crippen molar-refractivity contribution < 1.29 is 9.90 Å². The van der Waals surface area contributed by atoms with Gasteiger partial charge in [-0.3, -0.25) is 9.69 Å². The van der Waals surface area contributed by atoms with E-state index in [-0.39, 0.29) is 6.04 Å². The van der Waals surface area contributed by atoms with Crippen LogP contribution in [0.2, 0.25) is 0 Å². The number of aromatic nitrogens is 2. The molecule has 3 heterocycles. The quantitative estimate of drug-likeness (QED) is 0.303. The molecule has 0 bridgehead atoms. The molecule has 6 heteroatoms. The van der Waals surface area contributed by atoms with E-state index >= 15 is 0 Å². The molecule has 2 aliphatic heterocycles. The number of carboxylic acid groups (broad SMARTS) is 1. The number of rotatable bonds is 11. The van der Waals surface area contributed by atoms with Gasteiger partial charge < -0.3 is 15.0 Å². The van der Waals surface area contributed by atoms with Crippen LogP contribution in [0.3, 0.4) is 0 Å². The molecule has 1 aromatic heterocycles. The molecule has 0 unspecified atom stereocenters. The molecule has 0 radical (unpaired) electrons. The average molecular weight is 555 g/mol. The zero-order valence-electron chi connectivity index (χ0n) is 24.8. The lowest BCUT2D eigenvalue weighted by Crippen LogP contribution is -2.41. The van der Waals surface area contributed by atoms with Crippen LogP contribution < -0.4 is 0 Å². The van der Waals surface area contributed by atoms with E-state index in [1.807, 2.05) is 0 Å². The molecule has 6 rings (SSSR count). The number of aryl methyl sites for hydroxylation is 2. The second-order valence-corrected chi connectivity index (χ2v) is 12.9. The van der Waals surface area contributed by atoms with Crippen molar-refractivity contribution in [2.24, 2.45) is 11.8 Å². The first-order valence-electron chi connectivity index (χ1n) is 15.8. The number of carbonyl (C=O) groups is 1. The fourth-order valence-electron chi connectivity index (χ4n) is 7.38. The highest BCUT2D eigenvalue weighted by atomic mass is 16.4. The van der Waals surface area contributed by atoms with Crippen molar-refractivity contribution >= 4 is 5.97 Å². The lowest BCUT2D eigenvalue weighted by atomic mass is 9.86. The van der Waals surface area contributed by atoms with Crippen LogP contribution >= 0.6 is 0 Å². The van der Waals surface area contributed by atoms with Gasteiger partial charge in [0.1, 0.15) is 11.9 Å². The van der Waals surface area contributed by atoms with Gasteiger partial charge in [-0.2, -0.15) is 0 Å². The summed E-state index contributed by atoms with van der Waals surface area (Å²) in [6, 6.07) is 19.2. The van der Waals surface area contributed by atoms with Crippen molar-refractivity contribution in [1.29, 1.82) is 0 Å². The highest BCUT2D eigenvalue weighted by molar-refractivity contribution is 5.73. The predicted molar refractivity (Wildman–Crippen MR) is 163 cm³/mol. The SMILES string of the molecule is CCc1[nH]c(Cc2ccccc2)nc1C1CCN(C[C@H]2CN([C@H](CC3CC3)C(=O)O)C[C@@H]2c2cccc(C)c2)CC1. The standard InChI is InChI=1S/C35H46N4O2/c1-3-31-34(37-33(36-31)20-25-9-5-4-6-10-25)27-14-16-38(17-15-27)21-29-22-39(32(35(40)41)19-26-12-13-26)23-30(29)28-11-7-8-24(2)18-28/h4-11,18,26-27,29-30,32H,3,12-17,19-23H2,1-2H3,(H,36,37)(H,40,41)/t29-,30+,32+/m0/s1. The number of aliphatic carboxylic acids is 1. The molecule has 3 atom stereocenters. The van der Waals surface area contributed by atoms with Crippen LogP contribution in [0.25, 0.3) is 0 Å². The van der Waals surface area contributed by atoms with Gasteiger partial charge in [-0.25, -0.2) is 4.98 Å². The van der Waals surface area contributed by atoms with Gasteiger partial charge in [-0.05, 0) is 68.7 Å². The fraction of sp³-hybridized carbons (Fsp3) is 0.543. The number of likely N-dealkylation sites (tertiary alicyclic amines) is 2. The third-order valence-corrected chi connectivity index (χ3v) is 9.81. The van der Waals surface area contributed by atoms with Gasteiger partial charge in [0.15, 0.2) is 0 Å². The summed E-state index contributed by atoms with van der Waals surface area (Å²) in [6.45, 7) is 9.32. The Kier molecular flexibility index (Phi) is 8.59. The normalized spacial score (nSPS) is 23.2. The molecular weight excluding hydrogens is 508 g/mol. The summed E-state index contributed by atoms with van der Waals surface area (Å²) < 4.78 is 0. The number of aromatic amines is 1. The highest BCUT2D eigenvalue weighted by Crippen LogP contribution is 2.40. The summed E-state index contributed by atoms with van der Waals surface area (Å²) >= 11 is 0. The molecule has 6 nitrogen and oxygen atoms in total. The Morgan fingerprint density at radius 3 is 2.51 bits per heavy atom. The van der Waals surface area contributed by atoms with Crippen LogP contribution in [0.4, 0.5) is 0 Å². The monoisotopic (exact) mass is 554 g/mol. The van der Waals surface area contributed by atoms with Crippen molar-refractivity contribution in [1.82, 2.24) is 19.8 Å². The minimum atomic E-state index is -0.640. The maximum absolute atomic E-state index is 12.3. The Morgan fingerprint density at radius 2 is 1.83 bits per heavy atom. The third kappa shape index (κ3) is 6.76. The van der Waals surface area contributed by atoms with Crippen LogP contribution in [0, 0.1) is 18.8 Å². The zero-order chi connectivity index (χ0) is 28.3. The summed E-state index contributed by atoms with van der Waals surface area (Å²) in [5.74, 6) is 2.38. The van der Waals surface area contributed by atoms with Gasteiger partial charge in [0, 0.05) is 43.6 Å². The minimum Gasteiger partial charge on any atom is -0.480 e. The summed E-state index contributed by atoms with van der Waals surface area (Å²) in [5, 5.41) is 10.1. The molecule has 2 N–H and O–H groups in total. The number of nitrogens with zero attached hydrogens (tertiary/aromatic N) is 3. The Balaban J connectivity index is 1.12. The zero-order valence-corrected chi connectivity index (χ0v) is 24.8. The molecule has 0 spiro atoms. The lowest BCUT2D eigenvalue weighted by molar-refractivity contribution is -0.143. The van der Waals surface area contributed by atoms with Crippen molar-refractivity contribution in [3.05, 3.63) is 88.5 Å². The molecule has 2 saturated heterocycles. The second kappa shape index (κ2) is 12.5. The van der Waals surface area contributed by atoms with Gasteiger partial charge in [0.25, 0.3) is 0 Å². The average Bonchev–Trinajstić information content (AvgIpc) is 3.57. The second-order valence-electron chi connectivity index (χ2n) is 12.9. The number of imidazole rings is 1. The number of piperidine rings is 1. The van der Waals surface area contributed by atoms with E-state index in [0.29, 0.717) is 23.7 Å². The number of nitrogens with one attached hydrogen (secondary N) is 1. The molecule has 218 valence electrons. The number of benzene rings is 2. The largest absolute Gasteiger partial charge is 0.480 e. The minimum absolute atomic E-state index is 0.345. The summed E-state index contributed by atoms with van der Waals surface area (Å²) in [5.41, 5.74) is 6.53. The molecule has 3 aliphatic rings. The predicted octanol–water partition coefficient (Wildman–Crippen LogP) is 6.02. The number of carboxylic acids is 1. The van der Waals surface area contributed by atoms with E-state index in [1.165, 1.54) is 40.9 Å². The first kappa shape index (κ1) is 28.2. The number of hydrogen-bond donors (Lipinski definition) is 2. The Bertz CT molecular complexity index is 1310. The van der Waals surface area contributed by atoms with E-state index in [1.54, 1.807) is 0 Å². The third-order valence-electron chi connectivity index (χ3n) is 9.81. The summed E-state index contributed by atoms with van der Waals surface area (Å²) in [6.07, 6.45) is 7.30. The van der Waals surface area contributed by atoms with Gasteiger partial charge in [0.05, 0.1) is 5.69 Å². The van der Waals surface area contributed by atoms with Crippen molar-refractivity contribution in [2.45, 2.75) is 76.7 Å². The van der Waals surface area contributed by atoms with Gasteiger partial charge in [0.2, 0.25) is 0 Å². The number of hydrogen-bond acceptors (Lipinski definition) is 4. The first-order chi connectivity index (χ1) is 20.0. The Hall–Kier alpha value is -2.96. The van der Waals surface area contributed by atoms with Gasteiger partial charge in [-0.15, -0.1) is 0 Å². The van der Waals surface area contributed by atoms with Crippen LogP contribution in [-0.2, 0) is 17.6 Å². The molecule has 2 aromatic carbocycles. The van der Waals surface area contributed by atoms with E-state index in [9.17, 15) is 9.90 Å². The van der Waals surface area contributed by atoms with E-state index in [0.717, 1.165) is 70.7 Å². The highest BCUT2D eigenvalue weighted by Gasteiger charge is 2.42. The van der Waals surface area contributed by atoms with E-state index in [4.69, 9.17) is 4.98 Å². The molecule has 1 aliphatic carbocycles. The van der Waals surface area contributed by atoms with Gasteiger partial charge in [-0.1, -0.05) is 79.9 Å².